The van der Waals surface area contributed by atoms with Crippen LogP contribution in [0.4, 0.5) is 0 Å². The van der Waals surface area contributed by atoms with Crippen molar-refractivity contribution >= 4 is 27.5 Å². The quantitative estimate of drug-likeness (QED) is 0.807. The third-order valence-corrected chi connectivity index (χ3v) is 5.74. The van der Waals surface area contributed by atoms with E-state index >= 15 is 0 Å². The van der Waals surface area contributed by atoms with Crippen LogP contribution in [0.3, 0.4) is 0 Å². The average Bonchev–Trinajstić information content (AvgIpc) is 2.61. The maximum atomic E-state index is 12.5. The minimum Gasteiger partial charge on any atom is -0.345 e. The number of hydrogen-bond donors (Lipinski definition) is 2. The fraction of sp³-hybridized carbons (Fsp3) is 0.278. The van der Waals surface area contributed by atoms with E-state index in [1.165, 1.54) is 30.8 Å². The van der Waals surface area contributed by atoms with Gasteiger partial charge in [-0.15, -0.1) is 0 Å². The molecule has 0 spiro atoms. The van der Waals surface area contributed by atoms with Crippen molar-refractivity contribution in [3.63, 3.8) is 0 Å². The smallest absolute Gasteiger partial charge is 0.253 e. The number of sulfonamides is 1. The van der Waals surface area contributed by atoms with Gasteiger partial charge in [0.1, 0.15) is 0 Å². The second-order valence-electron chi connectivity index (χ2n) is 5.64. The van der Waals surface area contributed by atoms with Gasteiger partial charge in [-0.3, -0.25) is 4.79 Å². The molecule has 0 heterocycles. The van der Waals surface area contributed by atoms with Crippen molar-refractivity contribution in [1.82, 2.24) is 10.0 Å². The molecule has 2 rings (SSSR count). The Hall–Kier alpha value is -1.89. The van der Waals surface area contributed by atoms with Gasteiger partial charge in [0.15, 0.2) is 0 Å². The molecule has 5 nitrogen and oxygen atoms in total. The van der Waals surface area contributed by atoms with Crippen LogP contribution >= 0.6 is 11.6 Å². The number of rotatable bonds is 6. The third kappa shape index (κ3) is 4.60. The van der Waals surface area contributed by atoms with E-state index in [0.29, 0.717) is 0 Å². The molecule has 0 fully saturated rings. The summed E-state index contributed by atoms with van der Waals surface area (Å²) in [6.45, 7) is 3.94. The molecule has 0 radical (unpaired) electrons. The van der Waals surface area contributed by atoms with Gasteiger partial charge in [-0.2, -0.15) is 0 Å². The molecule has 0 aliphatic carbocycles. The van der Waals surface area contributed by atoms with Gasteiger partial charge in [0.25, 0.3) is 5.91 Å². The first-order chi connectivity index (χ1) is 11.8. The number of aryl methyl sites for hydroxylation is 1. The van der Waals surface area contributed by atoms with Crippen LogP contribution in [0.5, 0.6) is 0 Å². The van der Waals surface area contributed by atoms with Gasteiger partial charge in [-0.25, -0.2) is 13.1 Å². The summed E-state index contributed by atoms with van der Waals surface area (Å²) in [4.78, 5) is 12.5. The summed E-state index contributed by atoms with van der Waals surface area (Å²) in [6, 6.07) is 11.8. The second kappa shape index (κ2) is 7.99. The van der Waals surface area contributed by atoms with Gasteiger partial charge >= 0.3 is 0 Å². The summed E-state index contributed by atoms with van der Waals surface area (Å²) in [7, 11) is -2.34. The molecule has 1 atom stereocenters. The summed E-state index contributed by atoms with van der Waals surface area (Å²) < 4.78 is 26.0. The highest BCUT2D eigenvalue weighted by atomic mass is 35.5. The van der Waals surface area contributed by atoms with E-state index in [9.17, 15) is 13.2 Å². The molecule has 2 aromatic carbocycles. The third-order valence-electron chi connectivity index (χ3n) is 4.00. The number of halogens is 1. The van der Waals surface area contributed by atoms with Crippen LogP contribution in [0, 0.1) is 0 Å². The first kappa shape index (κ1) is 19.4. The van der Waals surface area contributed by atoms with E-state index in [-0.39, 0.29) is 21.5 Å². The number of carbonyl (C=O) groups excluding carboxylic acids is 1. The van der Waals surface area contributed by atoms with Crippen LogP contribution in [0.15, 0.2) is 47.4 Å². The number of amides is 1. The lowest BCUT2D eigenvalue weighted by molar-refractivity contribution is 0.0940. The van der Waals surface area contributed by atoms with Gasteiger partial charge in [0.2, 0.25) is 10.0 Å². The van der Waals surface area contributed by atoms with Crippen LogP contribution in [-0.2, 0) is 16.4 Å². The second-order valence-corrected chi connectivity index (χ2v) is 7.93. The van der Waals surface area contributed by atoms with E-state index in [4.69, 9.17) is 11.6 Å². The maximum absolute atomic E-state index is 12.5. The Balaban J connectivity index is 2.23. The maximum Gasteiger partial charge on any atom is 0.253 e. The van der Waals surface area contributed by atoms with Crippen molar-refractivity contribution in [3.8, 4) is 0 Å². The number of benzene rings is 2. The van der Waals surface area contributed by atoms with Crippen LogP contribution in [0.25, 0.3) is 0 Å². The van der Waals surface area contributed by atoms with Crippen LogP contribution in [-0.4, -0.2) is 21.4 Å². The Morgan fingerprint density at radius 1 is 1.16 bits per heavy atom. The molecule has 7 heteroatoms. The molecule has 25 heavy (non-hydrogen) atoms. The van der Waals surface area contributed by atoms with Crippen molar-refractivity contribution in [2.75, 3.05) is 7.05 Å². The van der Waals surface area contributed by atoms with E-state index in [1.54, 1.807) is 0 Å². The van der Waals surface area contributed by atoms with Gasteiger partial charge in [-0.1, -0.05) is 42.8 Å². The predicted octanol–water partition coefficient (Wildman–Crippen LogP) is 3.30. The van der Waals surface area contributed by atoms with Gasteiger partial charge in [-0.05, 0) is 49.7 Å². The topological polar surface area (TPSA) is 75.3 Å². The molecule has 0 aliphatic heterocycles. The molecule has 0 saturated heterocycles. The zero-order valence-corrected chi connectivity index (χ0v) is 15.9. The fourth-order valence-electron chi connectivity index (χ4n) is 2.36. The molecule has 0 aliphatic rings. The predicted molar refractivity (Wildman–Crippen MR) is 99.4 cm³/mol. The van der Waals surface area contributed by atoms with Crippen molar-refractivity contribution in [1.29, 1.82) is 0 Å². The average molecular weight is 381 g/mol. The minimum atomic E-state index is -3.65. The molecule has 0 saturated carbocycles. The highest BCUT2D eigenvalue weighted by molar-refractivity contribution is 7.89. The Kier molecular flexibility index (Phi) is 6.21. The zero-order valence-electron chi connectivity index (χ0n) is 14.3. The lowest BCUT2D eigenvalue weighted by Crippen LogP contribution is -2.27. The van der Waals surface area contributed by atoms with Crippen LogP contribution in [0.1, 0.15) is 41.4 Å². The Morgan fingerprint density at radius 3 is 2.36 bits per heavy atom. The Bertz CT molecular complexity index is 864. The molecular weight excluding hydrogens is 360 g/mol. The van der Waals surface area contributed by atoms with Gasteiger partial charge in [0.05, 0.1) is 21.5 Å². The molecule has 1 amide bonds. The number of nitrogens with one attached hydrogen (secondary N) is 2. The largest absolute Gasteiger partial charge is 0.345 e. The molecular formula is C18H21ClN2O3S. The van der Waals surface area contributed by atoms with E-state index in [2.05, 4.69) is 17.0 Å². The summed E-state index contributed by atoms with van der Waals surface area (Å²) in [5, 5.41) is 3.04. The highest BCUT2D eigenvalue weighted by Crippen LogP contribution is 2.22. The van der Waals surface area contributed by atoms with E-state index < -0.39 is 15.9 Å². The first-order valence-electron chi connectivity index (χ1n) is 7.91. The Morgan fingerprint density at radius 2 is 1.80 bits per heavy atom. The molecule has 2 N–H and O–H groups in total. The monoisotopic (exact) mass is 380 g/mol. The minimum absolute atomic E-state index is 0.00972. The molecule has 0 aromatic heterocycles. The number of hydrogen-bond acceptors (Lipinski definition) is 3. The highest BCUT2D eigenvalue weighted by Gasteiger charge is 2.19. The normalized spacial score (nSPS) is 12.6. The van der Waals surface area contributed by atoms with Gasteiger partial charge < -0.3 is 5.32 Å². The van der Waals surface area contributed by atoms with E-state index in [1.807, 2.05) is 31.2 Å². The molecule has 0 bridgehead atoms. The van der Waals surface area contributed by atoms with Crippen LogP contribution in [0.2, 0.25) is 5.02 Å². The van der Waals surface area contributed by atoms with Crippen LogP contribution < -0.4 is 10.0 Å². The van der Waals surface area contributed by atoms with Crippen molar-refractivity contribution in [3.05, 3.63) is 64.2 Å². The van der Waals surface area contributed by atoms with Crippen molar-refractivity contribution < 1.29 is 13.2 Å². The Labute approximate surface area is 153 Å². The van der Waals surface area contributed by atoms with Crippen molar-refractivity contribution in [2.45, 2.75) is 31.2 Å². The lowest BCUT2D eigenvalue weighted by Gasteiger charge is -2.16. The van der Waals surface area contributed by atoms with Gasteiger partial charge in [0, 0.05) is 0 Å². The summed E-state index contributed by atoms with van der Waals surface area (Å²) in [6.07, 6.45) is 0.948. The molecule has 134 valence electrons. The standard InChI is InChI=1S/C18H21ClN2O3S/c1-4-13-5-7-14(8-6-13)12(2)21-18(22)16-11-15(9-10-17(16)19)25(23,24)20-3/h5-12,20H,4H2,1-3H3,(H,21,22). The van der Waals surface area contributed by atoms with E-state index in [0.717, 1.165) is 12.0 Å². The van der Waals surface area contributed by atoms with Crippen molar-refractivity contribution in [2.24, 2.45) is 0 Å². The molecule has 2 aromatic rings. The molecule has 1 unspecified atom stereocenters. The first-order valence-corrected chi connectivity index (χ1v) is 9.77. The SMILES string of the molecule is CCc1ccc(C(C)NC(=O)c2cc(S(=O)(=O)NC)ccc2Cl)cc1. The zero-order chi connectivity index (χ0) is 18.6. The summed E-state index contributed by atoms with van der Waals surface area (Å²) in [5.41, 5.74) is 2.30. The fourth-order valence-corrected chi connectivity index (χ4v) is 3.32. The summed E-state index contributed by atoms with van der Waals surface area (Å²) in [5.74, 6) is -0.426. The summed E-state index contributed by atoms with van der Waals surface area (Å²) >= 11 is 6.08. The number of carbonyl (C=O) groups is 1. The lowest BCUT2D eigenvalue weighted by atomic mass is 10.0.